The molecule has 3 nitrogen and oxygen atoms in total. The van der Waals surface area contributed by atoms with E-state index < -0.39 is 0 Å². The number of anilines is 1. The van der Waals surface area contributed by atoms with E-state index in [0.29, 0.717) is 0 Å². The standard InChI is InChI=1S/C16H23N3/c1-11(2)14-5-7-19(8-6-14)16-9-12(3)18-13(4)15(16)10-17/h9,11,14H,5-8H2,1-4H3. The third kappa shape index (κ3) is 2.89. The van der Waals surface area contributed by atoms with Crippen LogP contribution in [0.2, 0.25) is 0 Å². The van der Waals surface area contributed by atoms with Crippen LogP contribution in [-0.4, -0.2) is 18.1 Å². The molecule has 2 rings (SSSR count). The van der Waals surface area contributed by atoms with Crippen molar-refractivity contribution in [1.29, 1.82) is 5.26 Å². The Labute approximate surface area is 116 Å². The van der Waals surface area contributed by atoms with Crippen LogP contribution < -0.4 is 4.90 Å². The Balaban J connectivity index is 2.22. The van der Waals surface area contributed by atoms with Gasteiger partial charge >= 0.3 is 0 Å². The summed E-state index contributed by atoms with van der Waals surface area (Å²) in [6.45, 7) is 10.7. The van der Waals surface area contributed by atoms with Gasteiger partial charge < -0.3 is 4.90 Å². The maximum Gasteiger partial charge on any atom is 0.103 e. The first kappa shape index (κ1) is 13.9. The zero-order valence-electron chi connectivity index (χ0n) is 12.4. The summed E-state index contributed by atoms with van der Waals surface area (Å²) in [6, 6.07) is 4.37. The summed E-state index contributed by atoms with van der Waals surface area (Å²) in [4.78, 5) is 6.75. The quantitative estimate of drug-likeness (QED) is 0.814. The molecule has 1 saturated heterocycles. The van der Waals surface area contributed by atoms with Gasteiger partial charge in [0.15, 0.2) is 0 Å². The minimum Gasteiger partial charge on any atom is -0.370 e. The Morgan fingerprint density at radius 2 is 1.95 bits per heavy atom. The van der Waals surface area contributed by atoms with E-state index >= 15 is 0 Å². The minimum atomic E-state index is 0.744. The molecule has 1 aromatic heterocycles. The Bertz CT molecular complexity index is 491. The topological polar surface area (TPSA) is 39.9 Å². The fraction of sp³-hybridized carbons (Fsp3) is 0.625. The summed E-state index contributed by atoms with van der Waals surface area (Å²) >= 11 is 0. The first-order valence-electron chi connectivity index (χ1n) is 7.16. The van der Waals surface area contributed by atoms with E-state index in [4.69, 9.17) is 0 Å². The van der Waals surface area contributed by atoms with Crippen molar-refractivity contribution in [2.45, 2.75) is 40.5 Å². The van der Waals surface area contributed by atoms with E-state index in [0.717, 1.165) is 47.6 Å². The highest BCUT2D eigenvalue weighted by Gasteiger charge is 2.23. The summed E-state index contributed by atoms with van der Waals surface area (Å²) in [6.07, 6.45) is 2.45. The molecule has 0 unspecified atom stereocenters. The summed E-state index contributed by atoms with van der Waals surface area (Å²) < 4.78 is 0. The number of piperidine rings is 1. The molecule has 102 valence electrons. The molecule has 1 aliphatic rings. The number of aromatic nitrogens is 1. The molecule has 1 aliphatic heterocycles. The Hall–Kier alpha value is -1.56. The lowest BCUT2D eigenvalue weighted by Crippen LogP contribution is -2.35. The summed E-state index contributed by atoms with van der Waals surface area (Å²) in [5.41, 5.74) is 3.67. The molecule has 1 fully saturated rings. The fourth-order valence-corrected chi connectivity index (χ4v) is 3.00. The molecule has 2 heterocycles. The van der Waals surface area contributed by atoms with Gasteiger partial charge in [0.1, 0.15) is 6.07 Å². The van der Waals surface area contributed by atoms with E-state index in [-0.39, 0.29) is 0 Å². The van der Waals surface area contributed by atoms with E-state index in [1.165, 1.54) is 12.8 Å². The lowest BCUT2D eigenvalue weighted by molar-refractivity contribution is 0.311. The highest BCUT2D eigenvalue weighted by molar-refractivity contribution is 5.61. The van der Waals surface area contributed by atoms with Crippen molar-refractivity contribution in [3.05, 3.63) is 23.0 Å². The van der Waals surface area contributed by atoms with E-state index in [1.807, 2.05) is 13.8 Å². The molecule has 0 aromatic carbocycles. The molecular weight excluding hydrogens is 234 g/mol. The SMILES string of the molecule is Cc1cc(N2CCC(C(C)C)CC2)c(C#N)c(C)n1. The first-order chi connectivity index (χ1) is 9.02. The van der Waals surface area contributed by atoms with Crippen LogP contribution in [0.1, 0.15) is 43.6 Å². The third-order valence-corrected chi connectivity index (χ3v) is 4.24. The van der Waals surface area contributed by atoms with Crippen molar-refractivity contribution in [2.75, 3.05) is 18.0 Å². The maximum atomic E-state index is 9.34. The Morgan fingerprint density at radius 3 is 2.47 bits per heavy atom. The molecule has 0 amide bonds. The van der Waals surface area contributed by atoms with Gasteiger partial charge in [-0.3, -0.25) is 4.98 Å². The number of rotatable bonds is 2. The number of hydrogen-bond donors (Lipinski definition) is 0. The normalized spacial score (nSPS) is 16.7. The molecule has 0 radical (unpaired) electrons. The van der Waals surface area contributed by atoms with Crippen molar-refractivity contribution in [2.24, 2.45) is 11.8 Å². The second-order valence-corrected chi connectivity index (χ2v) is 5.92. The van der Waals surface area contributed by atoms with Gasteiger partial charge in [0.25, 0.3) is 0 Å². The van der Waals surface area contributed by atoms with Gasteiger partial charge in [-0.15, -0.1) is 0 Å². The highest BCUT2D eigenvalue weighted by Crippen LogP contribution is 2.30. The van der Waals surface area contributed by atoms with Crippen LogP contribution in [0.25, 0.3) is 0 Å². The largest absolute Gasteiger partial charge is 0.370 e. The first-order valence-corrected chi connectivity index (χ1v) is 7.16. The molecule has 0 aliphatic carbocycles. The van der Waals surface area contributed by atoms with Crippen LogP contribution in [0.15, 0.2) is 6.07 Å². The van der Waals surface area contributed by atoms with E-state index in [2.05, 4.69) is 35.9 Å². The van der Waals surface area contributed by atoms with Crippen molar-refractivity contribution in [3.63, 3.8) is 0 Å². The molecule has 0 bridgehead atoms. The molecule has 19 heavy (non-hydrogen) atoms. The maximum absolute atomic E-state index is 9.34. The van der Waals surface area contributed by atoms with Gasteiger partial charge in [-0.2, -0.15) is 5.26 Å². The number of aryl methyl sites for hydroxylation is 2. The lowest BCUT2D eigenvalue weighted by Gasteiger charge is -2.36. The van der Waals surface area contributed by atoms with Crippen LogP contribution >= 0.6 is 0 Å². The highest BCUT2D eigenvalue weighted by atomic mass is 15.1. The monoisotopic (exact) mass is 257 g/mol. The zero-order valence-corrected chi connectivity index (χ0v) is 12.4. The Kier molecular flexibility index (Phi) is 4.09. The zero-order chi connectivity index (χ0) is 14.0. The third-order valence-electron chi connectivity index (χ3n) is 4.24. The van der Waals surface area contributed by atoms with E-state index in [9.17, 15) is 5.26 Å². The van der Waals surface area contributed by atoms with E-state index in [1.54, 1.807) is 0 Å². The molecule has 0 spiro atoms. The summed E-state index contributed by atoms with van der Waals surface area (Å²) in [5.74, 6) is 1.59. The molecule has 1 aromatic rings. The van der Waals surface area contributed by atoms with Crippen molar-refractivity contribution < 1.29 is 0 Å². The van der Waals surface area contributed by atoms with Crippen LogP contribution in [0.4, 0.5) is 5.69 Å². The number of nitrogens with zero attached hydrogens (tertiary/aromatic N) is 3. The molecule has 3 heteroatoms. The van der Waals surface area contributed by atoms with Gasteiger partial charge in [0.2, 0.25) is 0 Å². The van der Waals surface area contributed by atoms with Gasteiger partial charge in [-0.25, -0.2) is 0 Å². The number of pyridine rings is 1. The second-order valence-electron chi connectivity index (χ2n) is 5.92. The molecule has 0 saturated carbocycles. The second kappa shape index (κ2) is 5.61. The minimum absolute atomic E-state index is 0.744. The van der Waals surface area contributed by atoms with Gasteiger partial charge in [-0.1, -0.05) is 13.8 Å². The van der Waals surface area contributed by atoms with Crippen molar-refractivity contribution >= 4 is 5.69 Å². The van der Waals surface area contributed by atoms with Crippen LogP contribution in [-0.2, 0) is 0 Å². The van der Waals surface area contributed by atoms with Crippen molar-refractivity contribution in [3.8, 4) is 6.07 Å². The predicted molar refractivity (Wildman–Crippen MR) is 78.2 cm³/mol. The average molecular weight is 257 g/mol. The fourth-order valence-electron chi connectivity index (χ4n) is 3.00. The smallest absolute Gasteiger partial charge is 0.103 e. The molecule has 0 N–H and O–H groups in total. The van der Waals surface area contributed by atoms with Gasteiger partial charge in [0, 0.05) is 18.8 Å². The average Bonchev–Trinajstić information content (AvgIpc) is 2.38. The van der Waals surface area contributed by atoms with Gasteiger partial charge in [-0.05, 0) is 44.6 Å². The number of nitriles is 1. The van der Waals surface area contributed by atoms with Crippen LogP contribution in [0.5, 0.6) is 0 Å². The lowest BCUT2D eigenvalue weighted by atomic mass is 9.86. The summed E-state index contributed by atoms with van der Waals surface area (Å²) in [7, 11) is 0. The summed E-state index contributed by atoms with van der Waals surface area (Å²) in [5, 5.41) is 9.34. The predicted octanol–water partition coefficient (Wildman–Crippen LogP) is 3.44. The van der Waals surface area contributed by atoms with Gasteiger partial charge in [0.05, 0.1) is 16.9 Å². The van der Waals surface area contributed by atoms with Crippen molar-refractivity contribution in [1.82, 2.24) is 4.98 Å². The molecule has 0 atom stereocenters. The van der Waals surface area contributed by atoms with Crippen LogP contribution in [0.3, 0.4) is 0 Å². The Morgan fingerprint density at radius 1 is 1.32 bits per heavy atom. The molecular formula is C16H23N3. The van der Waals surface area contributed by atoms with Crippen LogP contribution in [0, 0.1) is 37.0 Å². The number of hydrogen-bond acceptors (Lipinski definition) is 3.